The molecule has 0 radical (unpaired) electrons. The van der Waals surface area contributed by atoms with Gasteiger partial charge in [-0.25, -0.2) is 4.79 Å². The molecule has 0 aliphatic carbocycles. The molecule has 0 unspecified atom stereocenters. The van der Waals surface area contributed by atoms with Gasteiger partial charge in [-0.15, -0.1) is 0 Å². The zero-order valence-corrected chi connectivity index (χ0v) is 16.5. The molecule has 1 aromatic carbocycles. The highest BCUT2D eigenvalue weighted by Gasteiger charge is 2.38. The Morgan fingerprint density at radius 2 is 2.07 bits per heavy atom. The first kappa shape index (κ1) is 21.2. The van der Waals surface area contributed by atoms with Crippen molar-refractivity contribution in [2.24, 2.45) is 0 Å². The maximum absolute atomic E-state index is 12.6. The molecular formula is C19H19N3O5S. The lowest BCUT2D eigenvalue weighted by Gasteiger charge is -2.29. The van der Waals surface area contributed by atoms with Crippen molar-refractivity contribution in [3.8, 4) is 6.07 Å². The molecule has 0 amide bonds. The number of benzene rings is 1. The summed E-state index contributed by atoms with van der Waals surface area (Å²) < 4.78 is 5.13. The zero-order chi connectivity index (χ0) is 20.8. The van der Waals surface area contributed by atoms with E-state index in [2.05, 4.69) is 11.4 Å². The summed E-state index contributed by atoms with van der Waals surface area (Å²) in [5, 5.41) is 24.7. The number of nitro groups is 1. The van der Waals surface area contributed by atoms with E-state index >= 15 is 0 Å². The second kappa shape index (κ2) is 9.19. The normalized spacial score (nSPS) is 16.3. The molecule has 0 spiro atoms. The number of carbonyl (C=O) groups excluding carboxylic acids is 2. The summed E-state index contributed by atoms with van der Waals surface area (Å²) in [7, 11) is 0. The van der Waals surface area contributed by atoms with Gasteiger partial charge in [0.2, 0.25) is 0 Å². The average Bonchev–Trinajstić information content (AvgIpc) is 2.65. The third-order valence-corrected chi connectivity index (χ3v) is 5.17. The standard InChI is InChI=1S/C19H19N3O5S/c1-4-27-19(24)16-12(3)21-18(28-10-11(2)23)14(9-20)17(16)13-7-5-6-8-15(13)22(25)26/h5-8,17,21H,4,10H2,1-3H3/t17-/m0/s1. The molecule has 0 aromatic heterocycles. The molecule has 0 fully saturated rings. The third-order valence-electron chi connectivity index (χ3n) is 4.01. The quantitative estimate of drug-likeness (QED) is 0.420. The van der Waals surface area contributed by atoms with E-state index in [0.29, 0.717) is 10.7 Å². The van der Waals surface area contributed by atoms with Gasteiger partial charge in [0.1, 0.15) is 5.78 Å². The highest BCUT2D eigenvalue weighted by atomic mass is 32.2. The van der Waals surface area contributed by atoms with Crippen LogP contribution in [0.2, 0.25) is 0 Å². The summed E-state index contributed by atoms with van der Waals surface area (Å²) in [4.78, 5) is 35.0. The Hall–Kier alpha value is -3.12. The van der Waals surface area contributed by atoms with E-state index in [1.807, 2.05) is 0 Å². The van der Waals surface area contributed by atoms with Gasteiger partial charge in [0.05, 0.1) is 45.4 Å². The van der Waals surface area contributed by atoms with Gasteiger partial charge in [-0.2, -0.15) is 5.26 Å². The predicted octanol–water partition coefficient (Wildman–Crippen LogP) is 3.18. The third kappa shape index (κ3) is 4.40. The number of hydrogen-bond donors (Lipinski definition) is 1. The van der Waals surface area contributed by atoms with Crippen molar-refractivity contribution in [3.63, 3.8) is 0 Å². The molecule has 1 aliphatic heterocycles. The number of hydrogen-bond acceptors (Lipinski definition) is 8. The Morgan fingerprint density at radius 1 is 1.39 bits per heavy atom. The van der Waals surface area contributed by atoms with Crippen LogP contribution in [0.4, 0.5) is 5.69 Å². The maximum Gasteiger partial charge on any atom is 0.336 e. The second-order valence-electron chi connectivity index (χ2n) is 5.98. The van der Waals surface area contributed by atoms with Gasteiger partial charge < -0.3 is 10.1 Å². The molecule has 0 bridgehead atoms. The van der Waals surface area contributed by atoms with Crippen molar-refractivity contribution < 1.29 is 19.2 Å². The Bertz CT molecular complexity index is 930. The average molecular weight is 401 g/mol. The van der Waals surface area contributed by atoms with E-state index in [0.717, 1.165) is 11.8 Å². The summed E-state index contributed by atoms with van der Waals surface area (Å²) in [6.07, 6.45) is 0. The first-order chi connectivity index (χ1) is 13.3. The van der Waals surface area contributed by atoms with E-state index < -0.39 is 16.8 Å². The van der Waals surface area contributed by atoms with E-state index in [9.17, 15) is 25.0 Å². The molecule has 9 heteroatoms. The molecule has 1 N–H and O–H groups in total. The number of esters is 1. The second-order valence-corrected chi connectivity index (χ2v) is 6.96. The minimum atomic E-state index is -0.971. The highest BCUT2D eigenvalue weighted by molar-refractivity contribution is 8.03. The molecule has 0 saturated heterocycles. The van der Waals surface area contributed by atoms with Crippen LogP contribution in [0.15, 0.2) is 46.1 Å². The summed E-state index contributed by atoms with van der Waals surface area (Å²) in [5.41, 5.74) is 0.710. The van der Waals surface area contributed by atoms with Crippen LogP contribution in [0.25, 0.3) is 0 Å². The highest BCUT2D eigenvalue weighted by Crippen LogP contribution is 2.43. The molecule has 0 saturated carbocycles. The number of nitriles is 1. The lowest BCUT2D eigenvalue weighted by Crippen LogP contribution is -2.29. The Kier molecular flexibility index (Phi) is 6.95. The van der Waals surface area contributed by atoms with Crippen LogP contribution in [0.1, 0.15) is 32.3 Å². The zero-order valence-electron chi connectivity index (χ0n) is 15.6. The van der Waals surface area contributed by atoms with Crippen LogP contribution in [-0.4, -0.2) is 29.0 Å². The summed E-state index contributed by atoms with van der Waals surface area (Å²) in [5.74, 6) is -1.59. The number of para-hydroxylation sites is 1. The van der Waals surface area contributed by atoms with Crippen molar-refractivity contribution in [2.45, 2.75) is 26.7 Å². The van der Waals surface area contributed by atoms with E-state index in [1.165, 1.54) is 25.1 Å². The van der Waals surface area contributed by atoms with Crippen LogP contribution in [0.3, 0.4) is 0 Å². The smallest absolute Gasteiger partial charge is 0.336 e. The molecule has 1 heterocycles. The number of dihydropyridines is 1. The Balaban J connectivity index is 2.71. The van der Waals surface area contributed by atoms with E-state index in [1.54, 1.807) is 19.9 Å². The fourth-order valence-corrected chi connectivity index (χ4v) is 3.78. The Labute approximate surface area is 166 Å². The number of nitro benzene ring substituents is 1. The van der Waals surface area contributed by atoms with Gasteiger partial charge >= 0.3 is 5.97 Å². The fourth-order valence-electron chi connectivity index (χ4n) is 2.89. The van der Waals surface area contributed by atoms with Crippen LogP contribution >= 0.6 is 11.8 Å². The maximum atomic E-state index is 12.6. The van der Waals surface area contributed by atoms with E-state index in [-0.39, 0.29) is 40.5 Å². The van der Waals surface area contributed by atoms with Crippen LogP contribution in [0, 0.1) is 21.4 Å². The number of allylic oxidation sites excluding steroid dienone is 2. The minimum Gasteiger partial charge on any atom is -0.463 e. The predicted molar refractivity (Wildman–Crippen MR) is 104 cm³/mol. The molecular weight excluding hydrogens is 382 g/mol. The summed E-state index contributed by atoms with van der Waals surface area (Å²) >= 11 is 1.12. The van der Waals surface area contributed by atoms with Crippen LogP contribution in [0.5, 0.6) is 0 Å². The van der Waals surface area contributed by atoms with Gasteiger partial charge in [-0.05, 0) is 20.8 Å². The number of ether oxygens (including phenoxy) is 1. The van der Waals surface area contributed by atoms with Gasteiger partial charge in [-0.3, -0.25) is 14.9 Å². The van der Waals surface area contributed by atoms with Crippen molar-refractivity contribution in [1.82, 2.24) is 5.32 Å². The number of carbonyl (C=O) groups is 2. The van der Waals surface area contributed by atoms with Gasteiger partial charge in [-0.1, -0.05) is 30.0 Å². The monoisotopic (exact) mass is 401 g/mol. The first-order valence-electron chi connectivity index (χ1n) is 8.46. The van der Waals surface area contributed by atoms with Gasteiger partial charge in [0, 0.05) is 17.3 Å². The number of nitrogens with one attached hydrogen (secondary N) is 1. The van der Waals surface area contributed by atoms with Crippen LogP contribution < -0.4 is 5.32 Å². The molecule has 8 nitrogen and oxygen atoms in total. The van der Waals surface area contributed by atoms with Gasteiger partial charge in [0.25, 0.3) is 5.69 Å². The lowest BCUT2D eigenvalue weighted by atomic mass is 9.82. The molecule has 1 aromatic rings. The molecule has 28 heavy (non-hydrogen) atoms. The van der Waals surface area contributed by atoms with Gasteiger partial charge in [0.15, 0.2) is 0 Å². The van der Waals surface area contributed by atoms with Crippen molar-refractivity contribution >= 4 is 29.2 Å². The number of thioether (sulfide) groups is 1. The number of Topliss-reactive ketones (excluding diaryl/α,β-unsaturated/α-hetero) is 1. The summed E-state index contributed by atoms with van der Waals surface area (Å²) in [6.45, 7) is 4.83. The van der Waals surface area contributed by atoms with E-state index in [4.69, 9.17) is 4.74 Å². The Morgan fingerprint density at radius 3 is 2.64 bits per heavy atom. The molecule has 2 rings (SSSR count). The van der Waals surface area contributed by atoms with Crippen LogP contribution in [-0.2, 0) is 14.3 Å². The fraction of sp³-hybridized carbons (Fsp3) is 0.316. The molecule has 1 atom stereocenters. The largest absolute Gasteiger partial charge is 0.463 e. The van der Waals surface area contributed by atoms with Crippen molar-refractivity contribution in [1.29, 1.82) is 5.26 Å². The first-order valence-corrected chi connectivity index (χ1v) is 9.45. The summed E-state index contributed by atoms with van der Waals surface area (Å²) in [6, 6.07) is 8.04. The van der Waals surface area contributed by atoms with Crippen molar-refractivity contribution in [2.75, 3.05) is 12.4 Å². The number of rotatable bonds is 7. The minimum absolute atomic E-state index is 0.0864. The topological polar surface area (TPSA) is 122 Å². The van der Waals surface area contributed by atoms with Crippen molar-refractivity contribution in [3.05, 3.63) is 61.8 Å². The number of ketones is 1. The SMILES string of the molecule is CCOC(=O)C1=C(C)NC(SCC(C)=O)=C(C#N)[C@@H]1c1ccccc1[N+](=O)[O-]. The molecule has 1 aliphatic rings. The lowest BCUT2D eigenvalue weighted by molar-refractivity contribution is -0.385. The number of nitrogens with zero attached hydrogens (tertiary/aromatic N) is 2. The molecule has 146 valence electrons.